The molecule has 2 N–H and O–H groups in total. The first kappa shape index (κ1) is 15.7. The molecule has 1 saturated heterocycles. The number of anilines is 3. The number of aryl methyl sites for hydroxylation is 2. The van der Waals surface area contributed by atoms with Gasteiger partial charge in [-0.1, -0.05) is 6.07 Å². The minimum absolute atomic E-state index is 0.0793. The summed E-state index contributed by atoms with van der Waals surface area (Å²) >= 11 is 0. The van der Waals surface area contributed by atoms with E-state index in [2.05, 4.69) is 46.6 Å². The van der Waals surface area contributed by atoms with Crippen LogP contribution in [0.3, 0.4) is 0 Å². The molecule has 3 rings (SSSR count). The second-order valence-corrected chi connectivity index (χ2v) is 8.19. The molecule has 1 unspecified atom stereocenters. The molecule has 0 saturated carbocycles. The summed E-state index contributed by atoms with van der Waals surface area (Å²) in [5.74, 6) is 1.71. The number of rotatable bonds is 4. The SMILES string of the molecule is Cc1ccc(Nc2cc(NC3CCS(=O)(=O)C3)ncn2)cc1C. The van der Waals surface area contributed by atoms with E-state index in [4.69, 9.17) is 0 Å². The maximum Gasteiger partial charge on any atom is 0.152 e. The zero-order chi connectivity index (χ0) is 16.4. The van der Waals surface area contributed by atoms with Crippen molar-refractivity contribution in [3.8, 4) is 0 Å². The Morgan fingerprint density at radius 3 is 2.57 bits per heavy atom. The normalized spacial score (nSPS) is 19.5. The van der Waals surface area contributed by atoms with Gasteiger partial charge >= 0.3 is 0 Å². The smallest absolute Gasteiger partial charge is 0.152 e. The van der Waals surface area contributed by atoms with Crippen LogP contribution in [0.15, 0.2) is 30.6 Å². The van der Waals surface area contributed by atoms with Gasteiger partial charge < -0.3 is 10.6 Å². The molecule has 0 bridgehead atoms. The maximum absolute atomic E-state index is 11.5. The van der Waals surface area contributed by atoms with E-state index in [1.807, 2.05) is 6.07 Å². The number of hydrogen-bond acceptors (Lipinski definition) is 6. The summed E-state index contributed by atoms with van der Waals surface area (Å²) in [6.45, 7) is 4.13. The van der Waals surface area contributed by atoms with Crippen LogP contribution >= 0.6 is 0 Å². The average Bonchev–Trinajstić information content (AvgIpc) is 2.82. The van der Waals surface area contributed by atoms with E-state index >= 15 is 0 Å². The van der Waals surface area contributed by atoms with Gasteiger partial charge in [0.2, 0.25) is 0 Å². The van der Waals surface area contributed by atoms with Gasteiger partial charge in [-0.05, 0) is 43.5 Å². The van der Waals surface area contributed by atoms with Gasteiger partial charge in [-0.15, -0.1) is 0 Å². The van der Waals surface area contributed by atoms with E-state index in [1.165, 1.54) is 17.5 Å². The van der Waals surface area contributed by atoms with Crippen molar-refractivity contribution < 1.29 is 8.42 Å². The molecular formula is C16H20N4O2S. The zero-order valence-corrected chi connectivity index (χ0v) is 14.0. The summed E-state index contributed by atoms with van der Waals surface area (Å²) in [7, 11) is -2.90. The number of nitrogens with zero attached hydrogens (tertiary/aromatic N) is 2. The highest BCUT2D eigenvalue weighted by Gasteiger charge is 2.27. The van der Waals surface area contributed by atoms with Gasteiger partial charge in [0.15, 0.2) is 9.84 Å². The summed E-state index contributed by atoms with van der Waals surface area (Å²) < 4.78 is 23.0. The third-order valence-electron chi connectivity index (χ3n) is 4.03. The highest BCUT2D eigenvalue weighted by atomic mass is 32.2. The Morgan fingerprint density at radius 1 is 1.09 bits per heavy atom. The molecule has 6 nitrogen and oxygen atoms in total. The molecular weight excluding hydrogens is 312 g/mol. The van der Waals surface area contributed by atoms with Gasteiger partial charge in [0.25, 0.3) is 0 Å². The number of aromatic nitrogens is 2. The molecule has 122 valence electrons. The number of hydrogen-bond donors (Lipinski definition) is 2. The summed E-state index contributed by atoms with van der Waals surface area (Å²) in [4.78, 5) is 8.38. The van der Waals surface area contributed by atoms with Gasteiger partial charge in [-0.3, -0.25) is 0 Å². The first-order valence-corrected chi connectivity index (χ1v) is 9.37. The summed E-state index contributed by atoms with van der Waals surface area (Å²) in [6, 6.07) is 7.83. The summed E-state index contributed by atoms with van der Waals surface area (Å²) in [5, 5.41) is 6.42. The highest BCUT2D eigenvalue weighted by Crippen LogP contribution is 2.21. The fourth-order valence-corrected chi connectivity index (χ4v) is 4.26. The average molecular weight is 332 g/mol. The van der Waals surface area contributed by atoms with Gasteiger partial charge in [0.1, 0.15) is 18.0 Å². The Labute approximate surface area is 136 Å². The fourth-order valence-electron chi connectivity index (χ4n) is 2.59. The molecule has 0 aliphatic carbocycles. The molecule has 23 heavy (non-hydrogen) atoms. The third-order valence-corrected chi connectivity index (χ3v) is 5.80. The van der Waals surface area contributed by atoms with Crippen molar-refractivity contribution in [2.75, 3.05) is 22.1 Å². The van der Waals surface area contributed by atoms with Crippen LogP contribution in [0.1, 0.15) is 17.5 Å². The van der Waals surface area contributed by atoms with Crippen LogP contribution in [0.5, 0.6) is 0 Å². The first-order valence-electron chi connectivity index (χ1n) is 7.54. The number of benzene rings is 1. The minimum Gasteiger partial charge on any atom is -0.366 e. The second kappa shape index (κ2) is 6.16. The molecule has 7 heteroatoms. The van der Waals surface area contributed by atoms with Crippen LogP contribution in [0, 0.1) is 13.8 Å². The van der Waals surface area contributed by atoms with Crippen LogP contribution in [-0.2, 0) is 9.84 Å². The van der Waals surface area contributed by atoms with Crippen molar-refractivity contribution >= 4 is 27.2 Å². The lowest BCUT2D eigenvalue weighted by molar-refractivity contribution is 0.602. The molecule has 1 fully saturated rings. The lowest BCUT2D eigenvalue weighted by Gasteiger charge is -2.13. The van der Waals surface area contributed by atoms with E-state index in [0.29, 0.717) is 18.1 Å². The molecule has 1 atom stereocenters. The van der Waals surface area contributed by atoms with E-state index in [-0.39, 0.29) is 17.5 Å². The van der Waals surface area contributed by atoms with Crippen LogP contribution in [0.2, 0.25) is 0 Å². The molecule has 0 amide bonds. The molecule has 2 aromatic rings. The van der Waals surface area contributed by atoms with Crippen LogP contribution in [-0.4, -0.2) is 35.9 Å². The monoisotopic (exact) mass is 332 g/mol. The predicted octanol–water partition coefficient (Wildman–Crippen LogP) is 2.44. The van der Waals surface area contributed by atoms with Crippen LogP contribution in [0.25, 0.3) is 0 Å². The molecule has 1 aromatic heterocycles. The van der Waals surface area contributed by atoms with E-state index < -0.39 is 9.84 Å². The van der Waals surface area contributed by atoms with Gasteiger partial charge in [-0.2, -0.15) is 0 Å². The van der Waals surface area contributed by atoms with Crippen LogP contribution in [0.4, 0.5) is 17.3 Å². The number of nitrogens with one attached hydrogen (secondary N) is 2. The minimum atomic E-state index is -2.90. The second-order valence-electron chi connectivity index (χ2n) is 5.96. The van der Waals surface area contributed by atoms with Gasteiger partial charge in [0.05, 0.1) is 11.5 Å². The topological polar surface area (TPSA) is 84.0 Å². The Balaban J connectivity index is 1.71. The lowest BCUT2D eigenvalue weighted by Crippen LogP contribution is -2.21. The Bertz CT molecular complexity index is 821. The van der Waals surface area contributed by atoms with Crippen molar-refractivity contribution in [1.82, 2.24) is 9.97 Å². The largest absolute Gasteiger partial charge is 0.366 e. The maximum atomic E-state index is 11.5. The first-order chi connectivity index (χ1) is 10.9. The highest BCUT2D eigenvalue weighted by molar-refractivity contribution is 7.91. The lowest BCUT2D eigenvalue weighted by atomic mass is 10.1. The standard InChI is InChI=1S/C16H20N4O2S/c1-11-3-4-13(7-12(11)2)19-15-8-16(18-10-17-15)20-14-5-6-23(21,22)9-14/h3-4,7-8,10,14H,5-6,9H2,1-2H3,(H2,17,18,19,20). The molecule has 1 aliphatic rings. The molecule has 0 spiro atoms. The fraction of sp³-hybridized carbons (Fsp3) is 0.375. The van der Waals surface area contributed by atoms with Crippen molar-refractivity contribution in [2.24, 2.45) is 0 Å². The summed E-state index contributed by atoms with van der Waals surface area (Å²) in [5.41, 5.74) is 3.41. The zero-order valence-electron chi connectivity index (χ0n) is 13.2. The van der Waals surface area contributed by atoms with Crippen molar-refractivity contribution in [3.63, 3.8) is 0 Å². The van der Waals surface area contributed by atoms with Crippen molar-refractivity contribution in [1.29, 1.82) is 0 Å². The molecule has 1 aromatic carbocycles. The van der Waals surface area contributed by atoms with E-state index in [0.717, 1.165) is 5.69 Å². The van der Waals surface area contributed by atoms with Crippen molar-refractivity contribution in [2.45, 2.75) is 26.3 Å². The van der Waals surface area contributed by atoms with Gasteiger partial charge in [0, 0.05) is 17.8 Å². The molecule has 1 aliphatic heterocycles. The van der Waals surface area contributed by atoms with Crippen molar-refractivity contribution in [3.05, 3.63) is 41.7 Å². The predicted molar refractivity (Wildman–Crippen MR) is 91.9 cm³/mol. The van der Waals surface area contributed by atoms with E-state index in [9.17, 15) is 8.42 Å². The quantitative estimate of drug-likeness (QED) is 0.894. The van der Waals surface area contributed by atoms with E-state index in [1.54, 1.807) is 6.07 Å². The Kier molecular flexibility index (Phi) is 4.21. The van der Waals surface area contributed by atoms with Crippen LogP contribution < -0.4 is 10.6 Å². The summed E-state index contributed by atoms with van der Waals surface area (Å²) in [6.07, 6.45) is 2.08. The molecule has 2 heterocycles. The Morgan fingerprint density at radius 2 is 1.87 bits per heavy atom. The number of sulfone groups is 1. The third kappa shape index (κ3) is 3.98. The molecule has 0 radical (unpaired) electrons. The van der Waals surface area contributed by atoms with Gasteiger partial charge in [-0.25, -0.2) is 18.4 Å². The Hall–Kier alpha value is -2.15.